The van der Waals surface area contributed by atoms with E-state index in [1.165, 1.54) is 12.1 Å². The molecule has 0 amide bonds. The van der Waals surface area contributed by atoms with Gasteiger partial charge in [-0.05, 0) is 58.4 Å². The summed E-state index contributed by atoms with van der Waals surface area (Å²) in [5, 5.41) is 14.1. The Bertz CT molecular complexity index is 915. The van der Waals surface area contributed by atoms with Crippen molar-refractivity contribution in [1.82, 2.24) is 0 Å². The van der Waals surface area contributed by atoms with Gasteiger partial charge in [-0.15, -0.1) is 0 Å². The average Bonchev–Trinajstić information content (AvgIpc) is 2.61. The molecule has 3 rings (SSSR count). The third-order valence-corrected chi connectivity index (χ3v) is 5.79. The molecule has 0 aromatic heterocycles. The molecule has 0 atom stereocenters. The van der Waals surface area contributed by atoms with Crippen LogP contribution in [0, 0.1) is 11.3 Å². The first-order chi connectivity index (χ1) is 11.9. The van der Waals surface area contributed by atoms with E-state index >= 15 is 0 Å². The molecule has 1 aliphatic heterocycles. The fourth-order valence-corrected chi connectivity index (χ4v) is 4.03. The number of nitrogens with zero attached hydrogens (tertiary/aromatic N) is 3. The number of benzene rings is 2. The number of rotatable bonds is 3. The molecule has 0 aliphatic carbocycles. The largest absolute Gasteiger partial charge is 0.368 e. The van der Waals surface area contributed by atoms with Crippen LogP contribution in [0.2, 0.25) is 0 Å². The number of halogens is 1. The van der Waals surface area contributed by atoms with Crippen LogP contribution in [0.3, 0.4) is 0 Å². The van der Waals surface area contributed by atoms with E-state index in [9.17, 15) is 8.42 Å². The minimum Gasteiger partial charge on any atom is -0.368 e. The lowest BCUT2D eigenvalue weighted by Gasteiger charge is -2.37. The molecule has 1 aliphatic rings. The van der Waals surface area contributed by atoms with Crippen LogP contribution in [0.4, 0.5) is 11.4 Å². The van der Waals surface area contributed by atoms with Gasteiger partial charge in [0.2, 0.25) is 10.0 Å². The molecule has 25 heavy (non-hydrogen) atoms. The number of hydrogen-bond acceptors (Lipinski definition) is 5. The van der Waals surface area contributed by atoms with Crippen molar-refractivity contribution in [2.45, 2.75) is 4.90 Å². The second-order valence-corrected chi connectivity index (χ2v) is 8.21. The van der Waals surface area contributed by atoms with E-state index in [2.05, 4.69) is 31.8 Å². The second kappa shape index (κ2) is 7.04. The Hall–Kier alpha value is -2.08. The Morgan fingerprint density at radius 2 is 1.60 bits per heavy atom. The van der Waals surface area contributed by atoms with Gasteiger partial charge < -0.3 is 9.80 Å². The number of anilines is 2. The van der Waals surface area contributed by atoms with Crippen LogP contribution in [0.1, 0.15) is 5.56 Å². The van der Waals surface area contributed by atoms with Crippen LogP contribution >= 0.6 is 15.9 Å². The molecule has 6 nitrogen and oxygen atoms in total. The van der Waals surface area contributed by atoms with Crippen molar-refractivity contribution in [3.63, 3.8) is 0 Å². The third-order valence-electron chi connectivity index (χ3n) is 4.23. The summed E-state index contributed by atoms with van der Waals surface area (Å²) in [5.41, 5.74) is 2.68. The number of sulfonamides is 1. The van der Waals surface area contributed by atoms with Crippen molar-refractivity contribution < 1.29 is 8.42 Å². The number of nitrogens with two attached hydrogens (primary N) is 1. The first-order valence-electron chi connectivity index (χ1n) is 7.71. The van der Waals surface area contributed by atoms with E-state index in [0.29, 0.717) is 5.56 Å². The summed E-state index contributed by atoms with van der Waals surface area (Å²) in [6.07, 6.45) is 0. The number of piperazine rings is 1. The molecule has 2 aromatic rings. The SMILES string of the molecule is N#Cc1ccc(N2CCN(c3ccc(S(N)(=O)=O)cc3)CC2)c(Br)c1. The van der Waals surface area contributed by atoms with Gasteiger partial charge in [0.15, 0.2) is 0 Å². The van der Waals surface area contributed by atoms with Gasteiger partial charge in [-0.1, -0.05) is 0 Å². The van der Waals surface area contributed by atoms with Crippen LogP contribution in [0.5, 0.6) is 0 Å². The number of primary sulfonamides is 1. The van der Waals surface area contributed by atoms with Crippen molar-refractivity contribution in [2.24, 2.45) is 5.14 Å². The maximum absolute atomic E-state index is 11.3. The molecule has 0 spiro atoms. The van der Waals surface area contributed by atoms with E-state index in [-0.39, 0.29) is 4.90 Å². The van der Waals surface area contributed by atoms with Gasteiger partial charge in [0.25, 0.3) is 0 Å². The van der Waals surface area contributed by atoms with E-state index in [4.69, 9.17) is 10.4 Å². The minimum absolute atomic E-state index is 0.122. The molecule has 1 heterocycles. The van der Waals surface area contributed by atoms with Crippen LogP contribution in [0.25, 0.3) is 0 Å². The zero-order valence-electron chi connectivity index (χ0n) is 13.4. The first-order valence-corrected chi connectivity index (χ1v) is 10.0. The summed E-state index contributed by atoms with van der Waals surface area (Å²) in [5.74, 6) is 0. The lowest BCUT2D eigenvalue weighted by Crippen LogP contribution is -2.46. The van der Waals surface area contributed by atoms with Gasteiger partial charge in [0, 0.05) is 36.3 Å². The van der Waals surface area contributed by atoms with Gasteiger partial charge in [-0.3, -0.25) is 0 Å². The highest BCUT2D eigenvalue weighted by molar-refractivity contribution is 9.10. The molecule has 0 radical (unpaired) electrons. The summed E-state index contributed by atoms with van der Waals surface area (Å²) in [6, 6.07) is 14.4. The zero-order chi connectivity index (χ0) is 18.0. The molecule has 8 heteroatoms. The normalized spacial score (nSPS) is 15.1. The Balaban J connectivity index is 1.69. The molecular formula is C17H17BrN4O2S. The number of hydrogen-bond donors (Lipinski definition) is 1. The van der Waals surface area contributed by atoms with E-state index < -0.39 is 10.0 Å². The summed E-state index contributed by atoms with van der Waals surface area (Å²) in [4.78, 5) is 4.60. The Morgan fingerprint density at radius 1 is 1.00 bits per heavy atom. The number of nitriles is 1. The van der Waals surface area contributed by atoms with Crippen molar-refractivity contribution >= 4 is 37.3 Å². The van der Waals surface area contributed by atoms with Crippen LogP contribution < -0.4 is 14.9 Å². The Kier molecular flexibility index (Phi) is 4.99. The fraction of sp³-hybridized carbons (Fsp3) is 0.235. The molecule has 1 saturated heterocycles. The van der Waals surface area contributed by atoms with Crippen LogP contribution in [-0.2, 0) is 10.0 Å². The predicted octanol–water partition coefficient (Wildman–Crippen LogP) is 2.29. The maximum atomic E-state index is 11.3. The van der Waals surface area contributed by atoms with E-state index in [0.717, 1.165) is 42.0 Å². The molecule has 2 aromatic carbocycles. The summed E-state index contributed by atoms with van der Waals surface area (Å²) >= 11 is 3.53. The molecule has 0 bridgehead atoms. The van der Waals surface area contributed by atoms with Gasteiger partial charge in [-0.25, -0.2) is 13.6 Å². The second-order valence-electron chi connectivity index (χ2n) is 5.79. The topological polar surface area (TPSA) is 90.4 Å². The maximum Gasteiger partial charge on any atom is 0.238 e. The van der Waals surface area contributed by atoms with Crippen molar-refractivity contribution in [3.8, 4) is 6.07 Å². The van der Waals surface area contributed by atoms with E-state index in [1.807, 2.05) is 18.2 Å². The van der Waals surface area contributed by atoms with Gasteiger partial charge in [-0.2, -0.15) is 5.26 Å². The minimum atomic E-state index is -3.66. The predicted molar refractivity (Wildman–Crippen MR) is 101 cm³/mol. The zero-order valence-corrected chi connectivity index (χ0v) is 15.8. The molecule has 130 valence electrons. The highest BCUT2D eigenvalue weighted by Gasteiger charge is 2.19. The first kappa shape index (κ1) is 17.7. The molecule has 1 fully saturated rings. The molecule has 0 saturated carbocycles. The van der Waals surface area contributed by atoms with Crippen molar-refractivity contribution in [2.75, 3.05) is 36.0 Å². The van der Waals surface area contributed by atoms with Crippen molar-refractivity contribution in [1.29, 1.82) is 5.26 Å². The molecular weight excluding hydrogens is 404 g/mol. The van der Waals surface area contributed by atoms with Gasteiger partial charge >= 0.3 is 0 Å². The monoisotopic (exact) mass is 420 g/mol. The van der Waals surface area contributed by atoms with Crippen LogP contribution in [0.15, 0.2) is 51.8 Å². The highest BCUT2D eigenvalue weighted by Crippen LogP contribution is 2.29. The smallest absolute Gasteiger partial charge is 0.238 e. The summed E-state index contributed by atoms with van der Waals surface area (Å²) < 4.78 is 23.6. The van der Waals surface area contributed by atoms with E-state index in [1.54, 1.807) is 12.1 Å². The summed E-state index contributed by atoms with van der Waals surface area (Å²) in [6.45, 7) is 3.31. The quantitative estimate of drug-likeness (QED) is 0.822. The third kappa shape index (κ3) is 3.95. The lowest BCUT2D eigenvalue weighted by atomic mass is 10.2. The highest BCUT2D eigenvalue weighted by atomic mass is 79.9. The molecule has 2 N–H and O–H groups in total. The summed E-state index contributed by atoms with van der Waals surface area (Å²) in [7, 11) is -3.66. The van der Waals surface area contributed by atoms with Gasteiger partial charge in [0.1, 0.15) is 0 Å². The molecule has 0 unspecified atom stereocenters. The lowest BCUT2D eigenvalue weighted by molar-refractivity contribution is 0.597. The Morgan fingerprint density at radius 3 is 2.12 bits per heavy atom. The van der Waals surface area contributed by atoms with Crippen LogP contribution in [-0.4, -0.2) is 34.6 Å². The van der Waals surface area contributed by atoms with Crippen molar-refractivity contribution in [3.05, 3.63) is 52.5 Å². The Labute approximate surface area is 155 Å². The average molecular weight is 421 g/mol. The fourth-order valence-electron chi connectivity index (χ4n) is 2.89. The van der Waals surface area contributed by atoms with Gasteiger partial charge in [0.05, 0.1) is 22.2 Å². The standard InChI is InChI=1S/C17H17BrN4O2S/c18-16-11-13(12-19)1-6-17(16)22-9-7-21(8-10-22)14-2-4-15(5-3-14)25(20,23)24/h1-6,11H,7-10H2,(H2,20,23,24).